The van der Waals surface area contributed by atoms with Crippen molar-refractivity contribution in [3.63, 3.8) is 0 Å². The molecule has 4 nitrogen and oxygen atoms in total. The summed E-state index contributed by atoms with van der Waals surface area (Å²) in [5, 5.41) is 9.44. The highest BCUT2D eigenvalue weighted by molar-refractivity contribution is 5.91. The van der Waals surface area contributed by atoms with E-state index in [1.54, 1.807) is 29.4 Å². The van der Waals surface area contributed by atoms with Crippen molar-refractivity contribution >= 4 is 12.0 Å². The van der Waals surface area contributed by atoms with E-state index >= 15 is 0 Å². The first-order chi connectivity index (χ1) is 7.75. The van der Waals surface area contributed by atoms with E-state index in [1.165, 1.54) is 6.08 Å². The van der Waals surface area contributed by atoms with E-state index in [4.69, 9.17) is 4.42 Å². The SMILES string of the molecule is O=C(/C=C/c1ccco1)N1CCC[C@H](O)C1. The van der Waals surface area contributed by atoms with Crippen molar-refractivity contribution in [1.82, 2.24) is 4.90 Å². The quantitative estimate of drug-likeness (QED) is 0.765. The van der Waals surface area contributed by atoms with Crippen LogP contribution in [0, 0.1) is 0 Å². The molecule has 2 heterocycles. The monoisotopic (exact) mass is 221 g/mol. The molecular formula is C12H15NO3. The van der Waals surface area contributed by atoms with Crippen LogP contribution >= 0.6 is 0 Å². The van der Waals surface area contributed by atoms with E-state index in [0.29, 0.717) is 12.3 Å². The average molecular weight is 221 g/mol. The maximum atomic E-state index is 11.7. The van der Waals surface area contributed by atoms with Gasteiger partial charge in [0.25, 0.3) is 0 Å². The third-order valence-corrected chi connectivity index (χ3v) is 2.64. The molecule has 86 valence electrons. The van der Waals surface area contributed by atoms with Gasteiger partial charge in [0, 0.05) is 19.2 Å². The fraction of sp³-hybridized carbons (Fsp3) is 0.417. The number of hydrogen-bond acceptors (Lipinski definition) is 3. The minimum absolute atomic E-state index is 0.0739. The first kappa shape index (κ1) is 11.0. The Kier molecular flexibility index (Phi) is 3.41. The summed E-state index contributed by atoms with van der Waals surface area (Å²) in [6, 6.07) is 3.56. The number of aliphatic hydroxyl groups excluding tert-OH is 1. The van der Waals surface area contributed by atoms with Crippen molar-refractivity contribution in [2.24, 2.45) is 0 Å². The van der Waals surface area contributed by atoms with Crippen LogP contribution in [0.1, 0.15) is 18.6 Å². The molecule has 0 saturated carbocycles. The lowest BCUT2D eigenvalue weighted by atomic mass is 10.1. The summed E-state index contributed by atoms with van der Waals surface area (Å²) in [5.74, 6) is 0.584. The molecule has 0 bridgehead atoms. The van der Waals surface area contributed by atoms with Crippen molar-refractivity contribution in [3.05, 3.63) is 30.2 Å². The number of rotatable bonds is 2. The van der Waals surface area contributed by atoms with E-state index in [2.05, 4.69) is 0 Å². The minimum Gasteiger partial charge on any atom is -0.465 e. The van der Waals surface area contributed by atoms with Gasteiger partial charge in [0.1, 0.15) is 5.76 Å². The summed E-state index contributed by atoms with van der Waals surface area (Å²) in [7, 11) is 0. The molecule has 0 aromatic carbocycles. The van der Waals surface area contributed by atoms with E-state index in [1.807, 2.05) is 0 Å². The smallest absolute Gasteiger partial charge is 0.246 e. The van der Waals surface area contributed by atoms with Crippen LogP contribution in [0.15, 0.2) is 28.9 Å². The Labute approximate surface area is 94.2 Å². The molecule has 0 spiro atoms. The number of β-amino-alcohol motifs (C(OH)–C–C–N with tert-alkyl or cyclic N) is 1. The van der Waals surface area contributed by atoms with Crippen LogP contribution in [0.4, 0.5) is 0 Å². The molecule has 1 aromatic heterocycles. The highest BCUT2D eigenvalue weighted by Crippen LogP contribution is 2.11. The molecule has 1 aliphatic rings. The maximum absolute atomic E-state index is 11.7. The Bertz CT molecular complexity index is 370. The number of hydrogen-bond donors (Lipinski definition) is 1. The molecule has 1 N–H and O–H groups in total. The third kappa shape index (κ3) is 2.73. The molecule has 0 aliphatic carbocycles. The zero-order chi connectivity index (χ0) is 11.4. The summed E-state index contributed by atoms with van der Waals surface area (Å²) in [5.41, 5.74) is 0. The number of likely N-dealkylation sites (tertiary alicyclic amines) is 1. The number of amides is 1. The fourth-order valence-electron chi connectivity index (χ4n) is 1.80. The third-order valence-electron chi connectivity index (χ3n) is 2.64. The summed E-state index contributed by atoms with van der Waals surface area (Å²) in [6.45, 7) is 1.15. The second-order valence-corrected chi connectivity index (χ2v) is 3.93. The number of furan rings is 1. The van der Waals surface area contributed by atoms with E-state index in [-0.39, 0.29) is 12.0 Å². The normalized spacial score (nSPS) is 21.6. The molecule has 1 aromatic rings. The van der Waals surface area contributed by atoms with Crippen LogP contribution < -0.4 is 0 Å². The molecule has 4 heteroatoms. The summed E-state index contributed by atoms with van der Waals surface area (Å²) in [6.07, 6.45) is 5.96. The molecule has 1 atom stereocenters. The molecule has 0 radical (unpaired) electrons. The van der Waals surface area contributed by atoms with Crippen molar-refractivity contribution < 1.29 is 14.3 Å². The number of piperidine rings is 1. The van der Waals surface area contributed by atoms with Gasteiger partial charge in [-0.3, -0.25) is 4.79 Å². The van der Waals surface area contributed by atoms with Crippen LogP contribution in [0.3, 0.4) is 0 Å². The van der Waals surface area contributed by atoms with Gasteiger partial charge in [-0.15, -0.1) is 0 Å². The average Bonchev–Trinajstić information content (AvgIpc) is 2.78. The first-order valence-corrected chi connectivity index (χ1v) is 5.44. The number of aliphatic hydroxyl groups is 1. The molecule has 1 saturated heterocycles. The molecule has 16 heavy (non-hydrogen) atoms. The summed E-state index contributed by atoms with van der Waals surface area (Å²) in [4.78, 5) is 13.4. The Balaban J connectivity index is 1.92. The Hall–Kier alpha value is -1.55. The zero-order valence-electron chi connectivity index (χ0n) is 9.00. The lowest BCUT2D eigenvalue weighted by Gasteiger charge is -2.29. The Morgan fingerprint density at radius 2 is 2.50 bits per heavy atom. The highest BCUT2D eigenvalue weighted by atomic mass is 16.3. The van der Waals surface area contributed by atoms with Crippen molar-refractivity contribution in [1.29, 1.82) is 0 Å². The predicted molar refractivity (Wildman–Crippen MR) is 59.6 cm³/mol. The predicted octanol–water partition coefficient (Wildman–Crippen LogP) is 1.28. The maximum Gasteiger partial charge on any atom is 0.246 e. The standard InChI is InChI=1S/C12H15NO3/c14-10-3-1-7-13(9-10)12(15)6-5-11-4-2-8-16-11/h2,4-6,8,10,14H,1,3,7,9H2/b6-5+/t10-/m0/s1. The van der Waals surface area contributed by atoms with Gasteiger partial charge in [-0.2, -0.15) is 0 Å². The molecule has 1 aliphatic heterocycles. The van der Waals surface area contributed by atoms with Crippen LogP contribution in [-0.2, 0) is 4.79 Å². The van der Waals surface area contributed by atoms with E-state index < -0.39 is 0 Å². The van der Waals surface area contributed by atoms with Gasteiger partial charge in [0.05, 0.1) is 12.4 Å². The molecule has 1 amide bonds. The number of carbonyl (C=O) groups is 1. The van der Waals surface area contributed by atoms with E-state index in [9.17, 15) is 9.90 Å². The highest BCUT2D eigenvalue weighted by Gasteiger charge is 2.20. The minimum atomic E-state index is -0.380. The largest absolute Gasteiger partial charge is 0.465 e. The zero-order valence-corrected chi connectivity index (χ0v) is 9.00. The van der Waals surface area contributed by atoms with Crippen LogP contribution in [0.25, 0.3) is 6.08 Å². The van der Waals surface area contributed by atoms with Crippen LogP contribution in [0.5, 0.6) is 0 Å². The second-order valence-electron chi connectivity index (χ2n) is 3.93. The number of nitrogens with zero attached hydrogens (tertiary/aromatic N) is 1. The van der Waals surface area contributed by atoms with Crippen molar-refractivity contribution in [3.8, 4) is 0 Å². The molecule has 1 fully saturated rings. The fourth-order valence-corrected chi connectivity index (χ4v) is 1.80. The lowest BCUT2D eigenvalue weighted by molar-refractivity contribution is -0.128. The van der Waals surface area contributed by atoms with Crippen molar-refractivity contribution in [2.75, 3.05) is 13.1 Å². The topological polar surface area (TPSA) is 53.7 Å². The van der Waals surface area contributed by atoms with Gasteiger partial charge in [-0.25, -0.2) is 0 Å². The Morgan fingerprint density at radius 1 is 1.62 bits per heavy atom. The van der Waals surface area contributed by atoms with Gasteiger partial charge < -0.3 is 14.4 Å². The van der Waals surface area contributed by atoms with Gasteiger partial charge in [-0.05, 0) is 31.1 Å². The molecule has 2 rings (SSSR count). The van der Waals surface area contributed by atoms with Gasteiger partial charge in [0.15, 0.2) is 0 Å². The van der Waals surface area contributed by atoms with Crippen LogP contribution in [-0.4, -0.2) is 35.1 Å². The van der Waals surface area contributed by atoms with Crippen LogP contribution in [0.2, 0.25) is 0 Å². The molecule has 0 unspecified atom stereocenters. The second kappa shape index (κ2) is 4.99. The van der Waals surface area contributed by atoms with Gasteiger partial charge >= 0.3 is 0 Å². The summed E-state index contributed by atoms with van der Waals surface area (Å²) < 4.78 is 5.09. The lowest BCUT2D eigenvalue weighted by Crippen LogP contribution is -2.41. The van der Waals surface area contributed by atoms with Gasteiger partial charge in [0.2, 0.25) is 5.91 Å². The van der Waals surface area contributed by atoms with E-state index in [0.717, 1.165) is 19.4 Å². The number of carbonyl (C=O) groups excluding carboxylic acids is 1. The molecular weight excluding hydrogens is 206 g/mol. The summed E-state index contributed by atoms with van der Waals surface area (Å²) >= 11 is 0. The Morgan fingerprint density at radius 3 is 3.19 bits per heavy atom. The van der Waals surface area contributed by atoms with Crippen molar-refractivity contribution in [2.45, 2.75) is 18.9 Å². The first-order valence-electron chi connectivity index (χ1n) is 5.44. The van der Waals surface area contributed by atoms with Gasteiger partial charge in [-0.1, -0.05) is 0 Å².